The standard InChI is InChI=1S/C17H22N4O5S/c1-25-14-7-5-12(6-8-14)16-19-15(26-20-16)10-18-17(22)13-4-3-9-21(11-13)27(2,23)24/h5-8,13H,3-4,9-11H2,1-2H3,(H,18,22)/t13-/m1/s1. The lowest BCUT2D eigenvalue weighted by Gasteiger charge is -2.29. The van der Waals surface area contributed by atoms with Gasteiger partial charge in [-0.3, -0.25) is 4.79 Å². The Morgan fingerprint density at radius 1 is 1.37 bits per heavy atom. The van der Waals surface area contributed by atoms with Crippen molar-refractivity contribution in [2.24, 2.45) is 5.92 Å². The van der Waals surface area contributed by atoms with Crippen LogP contribution in [0.1, 0.15) is 18.7 Å². The molecule has 0 radical (unpaired) electrons. The Hall–Kier alpha value is -2.46. The van der Waals surface area contributed by atoms with E-state index in [1.54, 1.807) is 19.2 Å². The van der Waals surface area contributed by atoms with Gasteiger partial charge in [-0.05, 0) is 37.1 Å². The SMILES string of the molecule is COc1ccc(-c2noc(CNC(=O)[C@@H]3CCCN(S(C)(=O)=O)C3)n2)cc1. The second kappa shape index (κ2) is 8.05. The van der Waals surface area contributed by atoms with E-state index in [4.69, 9.17) is 9.26 Å². The van der Waals surface area contributed by atoms with Gasteiger partial charge in [0.2, 0.25) is 27.6 Å². The molecule has 0 spiro atoms. The zero-order valence-corrected chi connectivity index (χ0v) is 16.0. The molecule has 0 saturated carbocycles. The number of benzene rings is 1. The average molecular weight is 394 g/mol. The number of hydrogen-bond acceptors (Lipinski definition) is 7. The Kier molecular flexibility index (Phi) is 5.76. The molecule has 0 aliphatic carbocycles. The molecule has 1 fully saturated rings. The molecule has 1 saturated heterocycles. The van der Waals surface area contributed by atoms with Gasteiger partial charge in [-0.2, -0.15) is 4.98 Å². The second-order valence-electron chi connectivity index (χ2n) is 6.42. The van der Waals surface area contributed by atoms with E-state index in [9.17, 15) is 13.2 Å². The highest BCUT2D eigenvalue weighted by atomic mass is 32.2. The lowest BCUT2D eigenvalue weighted by Crippen LogP contribution is -2.44. The lowest BCUT2D eigenvalue weighted by molar-refractivity contribution is -0.126. The molecule has 2 aromatic rings. The van der Waals surface area contributed by atoms with Crippen LogP contribution in [0.5, 0.6) is 5.75 Å². The Balaban J connectivity index is 1.57. The largest absolute Gasteiger partial charge is 0.497 e. The fraction of sp³-hybridized carbons (Fsp3) is 0.471. The summed E-state index contributed by atoms with van der Waals surface area (Å²) in [5, 5.41) is 6.66. The van der Waals surface area contributed by atoms with Crippen LogP contribution in [0.2, 0.25) is 0 Å². The van der Waals surface area contributed by atoms with E-state index in [1.165, 1.54) is 4.31 Å². The maximum absolute atomic E-state index is 12.4. The molecule has 9 nitrogen and oxygen atoms in total. The molecule has 1 N–H and O–H groups in total. The normalized spacial score (nSPS) is 18.2. The van der Waals surface area contributed by atoms with Crippen molar-refractivity contribution in [1.82, 2.24) is 19.8 Å². The highest BCUT2D eigenvalue weighted by molar-refractivity contribution is 7.88. The lowest BCUT2D eigenvalue weighted by atomic mass is 9.99. The molecule has 1 amide bonds. The van der Waals surface area contributed by atoms with Crippen molar-refractivity contribution < 1.29 is 22.5 Å². The summed E-state index contributed by atoms with van der Waals surface area (Å²) >= 11 is 0. The minimum atomic E-state index is -3.29. The van der Waals surface area contributed by atoms with Crippen molar-refractivity contribution >= 4 is 15.9 Å². The highest BCUT2D eigenvalue weighted by Gasteiger charge is 2.30. The minimum Gasteiger partial charge on any atom is -0.497 e. The van der Waals surface area contributed by atoms with Crippen molar-refractivity contribution in [3.05, 3.63) is 30.2 Å². The summed E-state index contributed by atoms with van der Waals surface area (Å²) < 4.78 is 35.0. The van der Waals surface area contributed by atoms with Crippen LogP contribution >= 0.6 is 0 Å². The zero-order valence-electron chi connectivity index (χ0n) is 15.2. The topological polar surface area (TPSA) is 115 Å². The summed E-state index contributed by atoms with van der Waals surface area (Å²) in [7, 11) is -1.70. The number of carbonyl (C=O) groups is 1. The molecule has 146 valence electrons. The van der Waals surface area contributed by atoms with E-state index in [-0.39, 0.29) is 30.8 Å². The van der Waals surface area contributed by atoms with Gasteiger partial charge in [-0.25, -0.2) is 12.7 Å². The molecule has 2 heterocycles. The Bertz CT molecular complexity index is 894. The molecule has 1 atom stereocenters. The summed E-state index contributed by atoms with van der Waals surface area (Å²) in [6.07, 6.45) is 2.47. The smallest absolute Gasteiger partial charge is 0.246 e. The zero-order chi connectivity index (χ0) is 19.4. The quantitative estimate of drug-likeness (QED) is 0.778. The van der Waals surface area contributed by atoms with Crippen LogP contribution in [0.3, 0.4) is 0 Å². The predicted molar refractivity (Wildman–Crippen MR) is 97.3 cm³/mol. The van der Waals surface area contributed by atoms with Gasteiger partial charge in [-0.1, -0.05) is 5.16 Å². The van der Waals surface area contributed by atoms with Crippen molar-refractivity contribution in [1.29, 1.82) is 0 Å². The maximum Gasteiger partial charge on any atom is 0.246 e. The summed E-state index contributed by atoms with van der Waals surface area (Å²) in [6.45, 7) is 0.750. The molecule has 0 bridgehead atoms. The van der Waals surface area contributed by atoms with Gasteiger partial charge in [0.1, 0.15) is 5.75 Å². The van der Waals surface area contributed by atoms with Gasteiger partial charge in [0.15, 0.2) is 0 Å². The van der Waals surface area contributed by atoms with Crippen molar-refractivity contribution in [3.8, 4) is 17.1 Å². The molecule has 1 aromatic carbocycles. The first-order valence-corrected chi connectivity index (χ1v) is 10.4. The maximum atomic E-state index is 12.4. The van der Waals surface area contributed by atoms with E-state index in [0.29, 0.717) is 25.2 Å². The highest BCUT2D eigenvalue weighted by Crippen LogP contribution is 2.21. The van der Waals surface area contributed by atoms with Crippen LogP contribution in [-0.2, 0) is 21.4 Å². The summed E-state index contributed by atoms with van der Waals surface area (Å²) in [5.74, 6) is 0.836. The first-order chi connectivity index (χ1) is 12.9. The molecular formula is C17H22N4O5S. The monoisotopic (exact) mass is 394 g/mol. The van der Waals surface area contributed by atoms with Crippen LogP contribution in [0.15, 0.2) is 28.8 Å². The molecule has 1 aliphatic heterocycles. The van der Waals surface area contributed by atoms with Crippen LogP contribution in [0.25, 0.3) is 11.4 Å². The number of amides is 1. The molecule has 27 heavy (non-hydrogen) atoms. The predicted octanol–water partition coefficient (Wildman–Crippen LogP) is 1.03. The molecule has 10 heteroatoms. The van der Waals surface area contributed by atoms with Gasteiger partial charge in [0, 0.05) is 18.7 Å². The van der Waals surface area contributed by atoms with Gasteiger partial charge < -0.3 is 14.6 Å². The number of methoxy groups -OCH3 is 1. The van der Waals surface area contributed by atoms with E-state index < -0.39 is 10.0 Å². The molecular weight excluding hydrogens is 372 g/mol. The third-order valence-electron chi connectivity index (χ3n) is 4.45. The Labute approximate surface area is 157 Å². The van der Waals surface area contributed by atoms with E-state index in [1.807, 2.05) is 12.1 Å². The van der Waals surface area contributed by atoms with E-state index in [0.717, 1.165) is 17.6 Å². The third kappa shape index (κ3) is 4.83. The van der Waals surface area contributed by atoms with Crippen LogP contribution < -0.4 is 10.1 Å². The second-order valence-corrected chi connectivity index (χ2v) is 8.40. The van der Waals surface area contributed by atoms with Gasteiger partial charge in [-0.15, -0.1) is 0 Å². The van der Waals surface area contributed by atoms with Gasteiger partial charge in [0.25, 0.3) is 0 Å². The summed E-state index contributed by atoms with van der Waals surface area (Å²) in [5.41, 5.74) is 0.771. The van der Waals surface area contributed by atoms with Gasteiger partial charge >= 0.3 is 0 Å². The van der Waals surface area contributed by atoms with E-state index in [2.05, 4.69) is 15.5 Å². The van der Waals surface area contributed by atoms with Crippen molar-refractivity contribution in [2.45, 2.75) is 19.4 Å². The van der Waals surface area contributed by atoms with Crippen LogP contribution in [-0.4, -0.2) is 55.2 Å². The fourth-order valence-corrected chi connectivity index (χ4v) is 3.86. The number of nitrogens with zero attached hydrogens (tertiary/aromatic N) is 3. The summed E-state index contributed by atoms with van der Waals surface area (Å²) in [6, 6.07) is 7.22. The Morgan fingerprint density at radius 3 is 2.78 bits per heavy atom. The fourth-order valence-electron chi connectivity index (χ4n) is 2.95. The number of ether oxygens (including phenoxy) is 1. The van der Waals surface area contributed by atoms with Crippen LogP contribution in [0.4, 0.5) is 0 Å². The third-order valence-corrected chi connectivity index (χ3v) is 5.72. The van der Waals surface area contributed by atoms with E-state index >= 15 is 0 Å². The summed E-state index contributed by atoms with van der Waals surface area (Å²) in [4.78, 5) is 16.6. The minimum absolute atomic E-state index is 0.0946. The molecule has 1 aromatic heterocycles. The number of hydrogen-bond donors (Lipinski definition) is 1. The first-order valence-electron chi connectivity index (χ1n) is 8.56. The molecule has 3 rings (SSSR count). The van der Waals surface area contributed by atoms with Crippen molar-refractivity contribution in [2.75, 3.05) is 26.5 Å². The van der Waals surface area contributed by atoms with Gasteiger partial charge in [0.05, 0.1) is 25.8 Å². The number of sulfonamides is 1. The number of nitrogens with one attached hydrogen (secondary N) is 1. The van der Waals surface area contributed by atoms with Crippen LogP contribution in [0, 0.1) is 5.92 Å². The molecule has 0 unspecified atom stereocenters. The number of carbonyl (C=O) groups excluding carboxylic acids is 1. The first kappa shape index (κ1) is 19.3. The molecule has 1 aliphatic rings. The number of piperidine rings is 1. The number of rotatable bonds is 6. The average Bonchev–Trinajstić information content (AvgIpc) is 3.14. The van der Waals surface area contributed by atoms with Crippen molar-refractivity contribution in [3.63, 3.8) is 0 Å². The number of aromatic nitrogens is 2. The Morgan fingerprint density at radius 2 is 2.11 bits per heavy atom.